The number of aromatic nitrogens is 2. The van der Waals surface area contributed by atoms with Crippen LogP contribution in [-0.4, -0.2) is 29.0 Å². The molecular weight excluding hydrogens is 380 g/mol. The van der Waals surface area contributed by atoms with E-state index < -0.39 is 11.9 Å². The maximum absolute atomic E-state index is 12.4. The Morgan fingerprint density at radius 3 is 2.50 bits per heavy atom. The molecule has 0 radical (unpaired) electrons. The summed E-state index contributed by atoms with van der Waals surface area (Å²) in [6.07, 6.45) is 2.82. The quantitative estimate of drug-likeness (QED) is 0.627. The molecule has 0 saturated carbocycles. The molecule has 0 bridgehead atoms. The molecule has 2 N–H and O–H groups in total. The molecule has 8 heteroatoms. The number of esters is 1. The number of nitrogens with zero attached hydrogens (tertiary/aromatic N) is 2. The van der Waals surface area contributed by atoms with Gasteiger partial charge in [-0.1, -0.05) is 29.8 Å². The van der Waals surface area contributed by atoms with Crippen LogP contribution in [-0.2, 0) is 4.74 Å². The van der Waals surface area contributed by atoms with E-state index in [-0.39, 0.29) is 22.0 Å². The van der Waals surface area contributed by atoms with Crippen molar-refractivity contribution >= 4 is 40.7 Å². The second-order valence-electron chi connectivity index (χ2n) is 5.87. The molecule has 0 fully saturated rings. The Morgan fingerprint density at radius 1 is 1.04 bits per heavy atom. The lowest BCUT2D eigenvalue weighted by Crippen LogP contribution is -2.15. The number of carbonyl (C=O) groups excluding carboxylic acids is 2. The highest BCUT2D eigenvalue weighted by molar-refractivity contribution is 6.34. The topological polar surface area (TPSA) is 93.2 Å². The van der Waals surface area contributed by atoms with Gasteiger partial charge in [0.2, 0.25) is 0 Å². The largest absolute Gasteiger partial charge is 0.465 e. The second kappa shape index (κ2) is 8.49. The number of ether oxygens (including phenoxy) is 1. The lowest BCUT2D eigenvalue weighted by Gasteiger charge is -2.10. The third kappa shape index (κ3) is 4.44. The molecule has 3 rings (SSSR count). The number of aryl methyl sites for hydroxylation is 1. The van der Waals surface area contributed by atoms with E-state index in [1.165, 1.54) is 37.7 Å². The first-order valence-corrected chi connectivity index (χ1v) is 8.69. The Labute approximate surface area is 166 Å². The maximum atomic E-state index is 12.4. The summed E-state index contributed by atoms with van der Waals surface area (Å²) in [7, 11) is 1.28. The smallest absolute Gasteiger partial charge is 0.337 e. The first-order valence-electron chi connectivity index (χ1n) is 8.32. The highest BCUT2D eigenvalue weighted by Crippen LogP contribution is 2.24. The molecule has 0 saturated heterocycles. The van der Waals surface area contributed by atoms with Crippen molar-refractivity contribution in [1.29, 1.82) is 0 Å². The summed E-state index contributed by atoms with van der Waals surface area (Å²) in [6.45, 7) is 1.98. The van der Waals surface area contributed by atoms with Crippen LogP contribution in [0.3, 0.4) is 0 Å². The molecule has 7 nitrogen and oxygen atoms in total. The van der Waals surface area contributed by atoms with Crippen LogP contribution in [0.25, 0.3) is 0 Å². The Kier molecular flexibility index (Phi) is 5.86. The molecule has 0 spiro atoms. The molecule has 3 aromatic rings. The van der Waals surface area contributed by atoms with E-state index in [0.29, 0.717) is 5.82 Å². The number of halogens is 1. The summed E-state index contributed by atoms with van der Waals surface area (Å²) >= 11 is 6.09. The van der Waals surface area contributed by atoms with Crippen molar-refractivity contribution in [2.24, 2.45) is 0 Å². The van der Waals surface area contributed by atoms with Gasteiger partial charge in [0.05, 0.1) is 35.8 Å². The first-order chi connectivity index (χ1) is 13.5. The second-order valence-corrected chi connectivity index (χ2v) is 6.27. The zero-order valence-electron chi connectivity index (χ0n) is 15.2. The lowest BCUT2D eigenvalue weighted by atomic mass is 10.2. The van der Waals surface area contributed by atoms with Gasteiger partial charge >= 0.3 is 5.97 Å². The fourth-order valence-corrected chi connectivity index (χ4v) is 2.58. The number of para-hydroxylation sites is 1. The van der Waals surface area contributed by atoms with Crippen LogP contribution in [0, 0.1) is 6.92 Å². The summed E-state index contributed by atoms with van der Waals surface area (Å²) in [5.74, 6) is -0.519. The van der Waals surface area contributed by atoms with E-state index in [1.54, 1.807) is 0 Å². The molecule has 1 amide bonds. The predicted octanol–water partition coefficient (Wildman–Crippen LogP) is 4.22. The van der Waals surface area contributed by atoms with Gasteiger partial charge in [-0.15, -0.1) is 0 Å². The number of nitrogens with one attached hydrogen (secondary N) is 2. The minimum absolute atomic E-state index is 0.106. The third-order valence-corrected chi connectivity index (χ3v) is 4.26. The zero-order valence-corrected chi connectivity index (χ0v) is 15.9. The molecular formula is C20H17ClN4O3. The number of carbonyl (C=O) groups is 2. The van der Waals surface area contributed by atoms with E-state index >= 15 is 0 Å². The van der Waals surface area contributed by atoms with E-state index in [0.717, 1.165) is 11.3 Å². The number of hydrogen-bond acceptors (Lipinski definition) is 6. The number of rotatable bonds is 5. The molecule has 0 unspecified atom stereocenters. The van der Waals surface area contributed by atoms with Crippen LogP contribution in [0.1, 0.15) is 26.4 Å². The lowest BCUT2D eigenvalue weighted by molar-refractivity contribution is 0.0600. The number of anilines is 3. The van der Waals surface area contributed by atoms with Gasteiger partial charge in [-0.25, -0.2) is 14.8 Å². The Morgan fingerprint density at radius 2 is 1.82 bits per heavy atom. The Hall–Kier alpha value is -3.45. The van der Waals surface area contributed by atoms with Crippen molar-refractivity contribution < 1.29 is 14.3 Å². The average molecular weight is 397 g/mol. The maximum Gasteiger partial charge on any atom is 0.337 e. The van der Waals surface area contributed by atoms with Gasteiger partial charge < -0.3 is 15.4 Å². The molecule has 1 aromatic heterocycles. The minimum Gasteiger partial charge on any atom is -0.465 e. The van der Waals surface area contributed by atoms with Crippen LogP contribution < -0.4 is 10.6 Å². The summed E-state index contributed by atoms with van der Waals surface area (Å²) in [5.41, 5.74) is 2.62. The molecule has 2 aromatic carbocycles. The van der Waals surface area contributed by atoms with Gasteiger partial charge in [0.25, 0.3) is 5.91 Å². The van der Waals surface area contributed by atoms with E-state index in [4.69, 9.17) is 11.6 Å². The number of hydrogen-bond donors (Lipinski definition) is 2. The van der Waals surface area contributed by atoms with Gasteiger partial charge in [-0.05, 0) is 36.8 Å². The van der Waals surface area contributed by atoms with Gasteiger partial charge in [0.1, 0.15) is 11.5 Å². The van der Waals surface area contributed by atoms with Crippen LogP contribution in [0.2, 0.25) is 5.02 Å². The zero-order chi connectivity index (χ0) is 20.1. The normalized spacial score (nSPS) is 10.2. The molecule has 0 aliphatic heterocycles. The van der Waals surface area contributed by atoms with Crippen LogP contribution in [0.5, 0.6) is 0 Å². The number of amides is 1. The first kappa shape index (κ1) is 19.3. The summed E-state index contributed by atoms with van der Waals surface area (Å²) in [5, 5.41) is 6.05. The average Bonchev–Trinajstić information content (AvgIpc) is 2.71. The summed E-state index contributed by atoms with van der Waals surface area (Å²) < 4.78 is 4.67. The van der Waals surface area contributed by atoms with Crippen molar-refractivity contribution in [3.63, 3.8) is 0 Å². The monoisotopic (exact) mass is 396 g/mol. The van der Waals surface area contributed by atoms with Crippen molar-refractivity contribution in [2.75, 3.05) is 17.7 Å². The molecule has 0 aliphatic carbocycles. The standard InChI is InChI=1S/C20H17ClN4O3/c1-12-5-3-4-6-15(12)24-18-11-22-17(10-23-18)19(26)25-16-9-13(20(27)28-2)7-8-14(16)21/h3-11H,1-2H3,(H,23,24)(H,25,26). The molecule has 0 aliphatic rings. The SMILES string of the molecule is COC(=O)c1ccc(Cl)c(NC(=O)c2cnc(Nc3ccccc3C)cn2)c1. The van der Waals surface area contributed by atoms with Gasteiger partial charge in [0, 0.05) is 5.69 Å². The van der Waals surface area contributed by atoms with Crippen molar-refractivity contribution in [3.8, 4) is 0 Å². The van der Waals surface area contributed by atoms with Gasteiger partial charge in [0.15, 0.2) is 0 Å². The highest BCUT2D eigenvalue weighted by Gasteiger charge is 2.14. The number of benzene rings is 2. The predicted molar refractivity (Wildman–Crippen MR) is 107 cm³/mol. The van der Waals surface area contributed by atoms with E-state index in [9.17, 15) is 9.59 Å². The highest BCUT2D eigenvalue weighted by atomic mass is 35.5. The molecule has 0 atom stereocenters. The van der Waals surface area contributed by atoms with Crippen molar-refractivity contribution in [2.45, 2.75) is 6.92 Å². The van der Waals surface area contributed by atoms with Crippen LogP contribution in [0.4, 0.5) is 17.2 Å². The molecule has 142 valence electrons. The molecule has 1 heterocycles. The van der Waals surface area contributed by atoms with Crippen LogP contribution >= 0.6 is 11.6 Å². The minimum atomic E-state index is -0.529. The van der Waals surface area contributed by atoms with Gasteiger partial charge in [-0.3, -0.25) is 4.79 Å². The summed E-state index contributed by atoms with van der Waals surface area (Å²) in [4.78, 5) is 32.4. The van der Waals surface area contributed by atoms with E-state index in [1.807, 2.05) is 31.2 Å². The van der Waals surface area contributed by atoms with Crippen LogP contribution in [0.15, 0.2) is 54.9 Å². The molecule has 28 heavy (non-hydrogen) atoms. The van der Waals surface area contributed by atoms with Crippen molar-refractivity contribution in [3.05, 3.63) is 76.7 Å². The van der Waals surface area contributed by atoms with Crippen molar-refractivity contribution in [1.82, 2.24) is 9.97 Å². The third-order valence-electron chi connectivity index (χ3n) is 3.93. The number of methoxy groups -OCH3 is 1. The van der Waals surface area contributed by atoms with E-state index in [2.05, 4.69) is 25.3 Å². The fourth-order valence-electron chi connectivity index (χ4n) is 2.41. The fraction of sp³-hybridized carbons (Fsp3) is 0.100. The summed E-state index contributed by atoms with van der Waals surface area (Å²) in [6, 6.07) is 12.2. The Balaban J connectivity index is 1.73. The van der Waals surface area contributed by atoms with Gasteiger partial charge in [-0.2, -0.15) is 0 Å². The Bertz CT molecular complexity index is 1020.